The molecule has 0 atom stereocenters. The number of methoxy groups -OCH3 is 1. The van der Waals surface area contributed by atoms with Gasteiger partial charge in [0.05, 0.1) is 12.9 Å². The van der Waals surface area contributed by atoms with Crippen LogP contribution in [0.5, 0.6) is 5.75 Å². The Bertz CT molecular complexity index is 603. The second-order valence-electron chi connectivity index (χ2n) is 3.97. The molecular formula is C13H16N4O2S2. The van der Waals surface area contributed by atoms with Gasteiger partial charge in [-0.05, 0) is 19.1 Å². The van der Waals surface area contributed by atoms with E-state index >= 15 is 0 Å². The lowest BCUT2D eigenvalue weighted by molar-refractivity contribution is -0.113. The molecule has 0 unspecified atom stereocenters. The van der Waals surface area contributed by atoms with E-state index in [1.807, 2.05) is 25.1 Å². The highest BCUT2D eigenvalue weighted by atomic mass is 32.2. The van der Waals surface area contributed by atoms with Crippen LogP contribution in [0.25, 0.3) is 0 Å². The van der Waals surface area contributed by atoms with Gasteiger partial charge in [0.1, 0.15) is 5.75 Å². The van der Waals surface area contributed by atoms with Crippen molar-refractivity contribution in [3.05, 3.63) is 24.3 Å². The molecule has 0 spiro atoms. The fourth-order valence-electron chi connectivity index (χ4n) is 1.52. The molecule has 6 nitrogen and oxygen atoms in total. The highest BCUT2D eigenvalue weighted by molar-refractivity contribution is 8.01. The zero-order valence-electron chi connectivity index (χ0n) is 11.8. The summed E-state index contributed by atoms with van der Waals surface area (Å²) in [5.74, 6) is 0.908. The number of nitrogens with one attached hydrogen (secondary N) is 2. The summed E-state index contributed by atoms with van der Waals surface area (Å²) in [5, 5.41) is 14.7. The molecule has 0 aliphatic heterocycles. The molecule has 2 aromatic rings. The van der Waals surface area contributed by atoms with Crippen molar-refractivity contribution in [2.45, 2.75) is 11.3 Å². The second kappa shape index (κ2) is 7.84. The monoisotopic (exact) mass is 324 g/mol. The lowest BCUT2D eigenvalue weighted by Gasteiger charge is -2.06. The number of carbonyl (C=O) groups is 1. The largest absolute Gasteiger partial charge is 0.497 e. The topological polar surface area (TPSA) is 76.1 Å². The molecule has 21 heavy (non-hydrogen) atoms. The SMILES string of the molecule is CCNc1nnc(SCC(=O)Nc2cccc(OC)c2)s1. The maximum Gasteiger partial charge on any atom is 0.234 e. The number of ether oxygens (including phenoxy) is 1. The summed E-state index contributed by atoms with van der Waals surface area (Å²) in [5.41, 5.74) is 0.713. The normalized spacial score (nSPS) is 10.2. The van der Waals surface area contributed by atoms with Crippen LogP contribution < -0.4 is 15.4 Å². The first kappa shape index (κ1) is 15.6. The van der Waals surface area contributed by atoms with Crippen molar-refractivity contribution in [3.8, 4) is 5.75 Å². The van der Waals surface area contributed by atoms with Gasteiger partial charge in [-0.2, -0.15) is 0 Å². The quantitative estimate of drug-likeness (QED) is 0.763. The average molecular weight is 324 g/mol. The average Bonchev–Trinajstić information content (AvgIpc) is 2.93. The van der Waals surface area contributed by atoms with E-state index < -0.39 is 0 Å². The molecule has 1 heterocycles. The Hall–Kier alpha value is -1.80. The van der Waals surface area contributed by atoms with Gasteiger partial charge in [0, 0.05) is 18.3 Å². The summed E-state index contributed by atoms with van der Waals surface area (Å²) < 4.78 is 5.88. The molecule has 2 N–H and O–H groups in total. The van der Waals surface area contributed by atoms with Crippen molar-refractivity contribution < 1.29 is 9.53 Å². The molecule has 0 radical (unpaired) electrons. The van der Waals surface area contributed by atoms with Crippen LogP contribution in [0, 0.1) is 0 Å². The highest BCUT2D eigenvalue weighted by Crippen LogP contribution is 2.25. The maximum absolute atomic E-state index is 11.9. The minimum atomic E-state index is -0.0894. The smallest absolute Gasteiger partial charge is 0.234 e. The first-order valence-corrected chi connectivity index (χ1v) is 8.15. The molecule has 0 saturated heterocycles. The number of benzene rings is 1. The summed E-state index contributed by atoms with van der Waals surface area (Å²) in [6, 6.07) is 7.25. The molecule has 1 amide bonds. The van der Waals surface area contributed by atoms with E-state index in [9.17, 15) is 4.79 Å². The van der Waals surface area contributed by atoms with Gasteiger partial charge in [-0.15, -0.1) is 10.2 Å². The number of rotatable bonds is 7. The van der Waals surface area contributed by atoms with Gasteiger partial charge in [0.2, 0.25) is 11.0 Å². The summed E-state index contributed by atoms with van der Waals surface area (Å²) >= 11 is 2.81. The second-order valence-corrected chi connectivity index (χ2v) is 6.17. The van der Waals surface area contributed by atoms with E-state index in [2.05, 4.69) is 20.8 Å². The van der Waals surface area contributed by atoms with Crippen molar-refractivity contribution in [2.24, 2.45) is 0 Å². The Morgan fingerprint density at radius 3 is 3.05 bits per heavy atom. The third kappa shape index (κ3) is 4.91. The Labute approximate surface area is 131 Å². The first-order valence-electron chi connectivity index (χ1n) is 6.35. The van der Waals surface area contributed by atoms with Crippen LogP contribution in [0.4, 0.5) is 10.8 Å². The Morgan fingerprint density at radius 2 is 2.29 bits per heavy atom. The fourth-order valence-corrected chi connectivity index (χ4v) is 3.14. The molecule has 0 saturated carbocycles. The molecule has 0 aliphatic carbocycles. The van der Waals surface area contributed by atoms with Crippen molar-refractivity contribution in [1.82, 2.24) is 10.2 Å². The van der Waals surface area contributed by atoms with Crippen molar-refractivity contribution in [3.63, 3.8) is 0 Å². The molecule has 112 valence electrons. The molecule has 0 fully saturated rings. The standard InChI is InChI=1S/C13H16N4O2S2/c1-3-14-12-16-17-13(21-12)20-8-11(18)15-9-5-4-6-10(7-9)19-2/h4-7H,3,8H2,1-2H3,(H,14,16)(H,15,18). The summed E-state index contributed by atoms with van der Waals surface area (Å²) in [4.78, 5) is 11.9. The van der Waals surface area contributed by atoms with Gasteiger partial charge in [-0.25, -0.2) is 0 Å². The molecule has 1 aromatic heterocycles. The predicted octanol–water partition coefficient (Wildman–Crippen LogP) is 2.71. The Morgan fingerprint density at radius 1 is 1.43 bits per heavy atom. The Balaban J connectivity index is 1.83. The van der Waals surface area contributed by atoms with Crippen LogP contribution in [0.2, 0.25) is 0 Å². The fraction of sp³-hybridized carbons (Fsp3) is 0.308. The van der Waals surface area contributed by atoms with Gasteiger partial charge < -0.3 is 15.4 Å². The number of thioether (sulfide) groups is 1. The molecule has 0 aliphatic rings. The summed E-state index contributed by atoms with van der Waals surface area (Å²) in [7, 11) is 1.59. The first-order chi connectivity index (χ1) is 10.2. The minimum Gasteiger partial charge on any atom is -0.497 e. The summed E-state index contributed by atoms with van der Waals surface area (Å²) in [6.07, 6.45) is 0. The lowest BCUT2D eigenvalue weighted by Crippen LogP contribution is -2.13. The number of carbonyl (C=O) groups excluding carboxylic acids is 1. The summed E-state index contributed by atoms with van der Waals surface area (Å²) in [6.45, 7) is 2.80. The minimum absolute atomic E-state index is 0.0894. The van der Waals surface area contributed by atoms with Crippen LogP contribution in [0.1, 0.15) is 6.92 Å². The third-order valence-corrected chi connectivity index (χ3v) is 4.43. The lowest BCUT2D eigenvalue weighted by atomic mass is 10.3. The zero-order chi connectivity index (χ0) is 15.1. The predicted molar refractivity (Wildman–Crippen MR) is 86.4 cm³/mol. The van der Waals surface area contributed by atoms with Crippen LogP contribution in [-0.2, 0) is 4.79 Å². The highest BCUT2D eigenvalue weighted by Gasteiger charge is 2.08. The van der Waals surface area contributed by atoms with Gasteiger partial charge in [-0.3, -0.25) is 4.79 Å². The van der Waals surface area contributed by atoms with Crippen LogP contribution >= 0.6 is 23.1 Å². The third-order valence-electron chi connectivity index (χ3n) is 2.41. The number of hydrogen-bond acceptors (Lipinski definition) is 7. The molecule has 8 heteroatoms. The van der Waals surface area contributed by atoms with E-state index in [1.165, 1.54) is 23.1 Å². The van der Waals surface area contributed by atoms with E-state index in [0.717, 1.165) is 16.0 Å². The van der Waals surface area contributed by atoms with Crippen molar-refractivity contribution in [1.29, 1.82) is 0 Å². The molecule has 0 bridgehead atoms. The van der Waals surface area contributed by atoms with Gasteiger partial charge >= 0.3 is 0 Å². The zero-order valence-corrected chi connectivity index (χ0v) is 13.4. The van der Waals surface area contributed by atoms with Crippen molar-refractivity contribution >= 4 is 39.8 Å². The van der Waals surface area contributed by atoms with E-state index in [0.29, 0.717) is 11.4 Å². The van der Waals surface area contributed by atoms with Crippen LogP contribution in [-0.4, -0.2) is 35.5 Å². The van der Waals surface area contributed by atoms with Crippen LogP contribution in [0.15, 0.2) is 28.6 Å². The number of amides is 1. The van der Waals surface area contributed by atoms with E-state index in [-0.39, 0.29) is 11.7 Å². The van der Waals surface area contributed by atoms with Gasteiger partial charge in [0.15, 0.2) is 4.34 Å². The van der Waals surface area contributed by atoms with Crippen molar-refractivity contribution in [2.75, 3.05) is 30.0 Å². The molecule has 2 rings (SSSR count). The molecular weight excluding hydrogens is 308 g/mol. The van der Waals surface area contributed by atoms with E-state index in [4.69, 9.17) is 4.74 Å². The number of anilines is 2. The number of aromatic nitrogens is 2. The number of hydrogen-bond donors (Lipinski definition) is 2. The van der Waals surface area contributed by atoms with Crippen LogP contribution in [0.3, 0.4) is 0 Å². The Kier molecular flexibility index (Phi) is 5.82. The van der Waals surface area contributed by atoms with Gasteiger partial charge in [-0.1, -0.05) is 29.2 Å². The van der Waals surface area contributed by atoms with E-state index in [1.54, 1.807) is 13.2 Å². The van der Waals surface area contributed by atoms with Gasteiger partial charge in [0.25, 0.3) is 0 Å². The molecule has 1 aromatic carbocycles. The maximum atomic E-state index is 11.9. The number of nitrogens with zero attached hydrogens (tertiary/aromatic N) is 2.